The molecule has 2 aromatic carbocycles. The Hall–Kier alpha value is -1.54. The van der Waals surface area contributed by atoms with Crippen molar-refractivity contribution in [3.63, 3.8) is 0 Å². The third kappa shape index (κ3) is 1.46. The van der Waals surface area contributed by atoms with E-state index in [2.05, 4.69) is 36.4 Å². The Balaban J connectivity index is 2.17. The van der Waals surface area contributed by atoms with E-state index < -0.39 is 0 Å². The zero-order chi connectivity index (χ0) is 11.0. The number of rotatable bonds is 1. The Kier molecular flexibility index (Phi) is 2.29. The van der Waals surface area contributed by atoms with Gasteiger partial charge in [-0.05, 0) is 23.8 Å². The molecule has 82 valence electrons. The molecule has 16 heavy (non-hydrogen) atoms. The first-order valence-electron chi connectivity index (χ1n) is 5.76. The molecular formula is C14H15NO. The highest BCUT2D eigenvalue weighted by molar-refractivity contribution is 5.89. The maximum Gasteiger partial charge on any atom is 0.130 e. The summed E-state index contributed by atoms with van der Waals surface area (Å²) in [6.07, 6.45) is 2.28. The molecular weight excluding hydrogens is 198 g/mol. The highest BCUT2D eigenvalue weighted by Gasteiger charge is 2.20. The molecule has 0 bridgehead atoms. The maximum atomic E-state index is 5.97. The third-order valence-corrected chi connectivity index (χ3v) is 3.24. The van der Waals surface area contributed by atoms with Crippen molar-refractivity contribution in [1.29, 1.82) is 0 Å². The summed E-state index contributed by atoms with van der Waals surface area (Å²) in [6.45, 7) is 0.600. The summed E-state index contributed by atoms with van der Waals surface area (Å²) >= 11 is 0. The number of fused-ring (bicyclic) bond motifs is 3. The van der Waals surface area contributed by atoms with Gasteiger partial charge >= 0.3 is 0 Å². The largest absolute Gasteiger partial charge is 0.488 e. The van der Waals surface area contributed by atoms with E-state index in [1.54, 1.807) is 0 Å². The van der Waals surface area contributed by atoms with Crippen molar-refractivity contribution in [2.24, 2.45) is 5.73 Å². The van der Waals surface area contributed by atoms with Gasteiger partial charge in [-0.15, -0.1) is 0 Å². The van der Waals surface area contributed by atoms with E-state index in [1.165, 1.54) is 16.3 Å². The molecule has 1 atom stereocenters. The van der Waals surface area contributed by atoms with Crippen molar-refractivity contribution < 1.29 is 4.74 Å². The van der Waals surface area contributed by atoms with Crippen molar-refractivity contribution in [1.82, 2.24) is 0 Å². The monoisotopic (exact) mass is 213 g/mol. The third-order valence-electron chi connectivity index (χ3n) is 3.24. The fourth-order valence-corrected chi connectivity index (χ4v) is 2.33. The topological polar surface area (TPSA) is 35.2 Å². The van der Waals surface area contributed by atoms with Gasteiger partial charge < -0.3 is 10.5 Å². The zero-order valence-corrected chi connectivity index (χ0v) is 9.15. The van der Waals surface area contributed by atoms with Gasteiger partial charge in [0, 0.05) is 11.9 Å². The molecule has 0 fully saturated rings. The second kappa shape index (κ2) is 3.80. The number of hydrogen-bond donors (Lipinski definition) is 1. The van der Waals surface area contributed by atoms with Gasteiger partial charge in [-0.25, -0.2) is 0 Å². The van der Waals surface area contributed by atoms with Crippen LogP contribution in [-0.4, -0.2) is 12.6 Å². The zero-order valence-electron chi connectivity index (χ0n) is 9.15. The Morgan fingerprint density at radius 2 is 2.06 bits per heavy atom. The lowest BCUT2D eigenvalue weighted by Gasteiger charge is -2.26. The summed E-state index contributed by atoms with van der Waals surface area (Å²) < 4.78 is 5.97. The molecule has 0 amide bonds. The highest BCUT2D eigenvalue weighted by Crippen LogP contribution is 2.34. The number of hydrogen-bond acceptors (Lipinski definition) is 2. The molecule has 0 radical (unpaired) electrons. The average molecular weight is 213 g/mol. The van der Waals surface area contributed by atoms with Crippen LogP contribution in [0.5, 0.6) is 5.75 Å². The molecule has 1 aliphatic heterocycles. The molecule has 2 nitrogen and oxygen atoms in total. The van der Waals surface area contributed by atoms with Crippen molar-refractivity contribution in [2.45, 2.75) is 18.9 Å². The van der Waals surface area contributed by atoms with Gasteiger partial charge in [0.05, 0.1) is 0 Å². The summed E-state index contributed by atoms with van der Waals surface area (Å²) in [5, 5.41) is 2.44. The maximum absolute atomic E-state index is 5.97. The molecule has 2 heteroatoms. The Morgan fingerprint density at radius 1 is 1.19 bits per heavy atom. The first-order valence-corrected chi connectivity index (χ1v) is 5.76. The molecule has 1 heterocycles. The molecule has 0 saturated heterocycles. The van der Waals surface area contributed by atoms with Crippen molar-refractivity contribution in [3.05, 3.63) is 42.0 Å². The fraction of sp³-hybridized carbons (Fsp3) is 0.286. The second-order valence-corrected chi connectivity index (χ2v) is 4.29. The lowest BCUT2D eigenvalue weighted by Crippen LogP contribution is -2.30. The van der Waals surface area contributed by atoms with Crippen LogP contribution >= 0.6 is 0 Å². The molecule has 0 aliphatic carbocycles. The van der Waals surface area contributed by atoms with Crippen LogP contribution in [0.1, 0.15) is 12.0 Å². The van der Waals surface area contributed by atoms with Gasteiger partial charge in [0.15, 0.2) is 0 Å². The molecule has 0 aromatic heterocycles. The molecule has 2 aromatic rings. The average Bonchev–Trinajstić information content (AvgIpc) is 2.38. The first-order chi connectivity index (χ1) is 7.88. The lowest BCUT2D eigenvalue weighted by molar-refractivity contribution is 0.184. The predicted molar refractivity (Wildman–Crippen MR) is 65.7 cm³/mol. The molecule has 2 N–H and O–H groups in total. The summed E-state index contributed by atoms with van der Waals surface area (Å²) in [6, 6.07) is 12.7. The first kappa shape index (κ1) is 9.67. The van der Waals surface area contributed by atoms with Crippen LogP contribution in [0, 0.1) is 0 Å². The SMILES string of the molecule is NCC1CCc2ccc3ccccc3c2O1. The number of aryl methyl sites for hydroxylation is 1. The van der Waals surface area contributed by atoms with E-state index in [9.17, 15) is 0 Å². The van der Waals surface area contributed by atoms with Gasteiger partial charge in [-0.2, -0.15) is 0 Å². The van der Waals surface area contributed by atoms with Crippen molar-refractivity contribution >= 4 is 10.8 Å². The van der Waals surface area contributed by atoms with Crippen LogP contribution in [0.25, 0.3) is 10.8 Å². The van der Waals surface area contributed by atoms with Gasteiger partial charge in [-0.3, -0.25) is 0 Å². The Labute approximate surface area is 95.0 Å². The summed E-state index contributed by atoms with van der Waals surface area (Å²) in [7, 11) is 0. The number of benzene rings is 2. The smallest absolute Gasteiger partial charge is 0.130 e. The summed E-state index contributed by atoms with van der Waals surface area (Å²) in [5.41, 5.74) is 6.99. The summed E-state index contributed by atoms with van der Waals surface area (Å²) in [4.78, 5) is 0. The molecule has 0 saturated carbocycles. The quantitative estimate of drug-likeness (QED) is 0.790. The number of ether oxygens (including phenoxy) is 1. The molecule has 1 unspecified atom stereocenters. The van der Waals surface area contributed by atoms with Crippen LogP contribution in [0.2, 0.25) is 0 Å². The van der Waals surface area contributed by atoms with Crippen LogP contribution < -0.4 is 10.5 Å². The standard InChI is InChI=1S/C14H15NO/c15-9-12-8-7-11-6-5-10-3-1-2-4-13(10)14(11)16-12/h1-6,12H,7-9,15H2. The predicted octanol–water partition coefficient (Wildman–Crippen LogP) is 2.49. The molecule has 0 spiro atoms. The van der Waals surface area contributed by atoms with E-state index in [-0.39, 0.29) is 6.10 Å². The number of nitrogens with two attached hydrogens (primary N) is 1. The van der Waals surface area contributed by atoms with Crippen molar-refractivity contribution in [3.8, 4) is 5.75 Å². The van der Waals surface area contributed by atoms with E-state index in [4.69, 9.17) is 10.5 Å². The minimum Gasteiger partial charge on any atom is -0.488 e. The van der Waals surface area contributed by atoms with Gasteiger partial charge in [0.1, 0.15) is 11.9 Å². The summed E-state index contributed by atoms with van der Waals surface area (Å²) in [5.74, 6) is 1.04. The minimum absolute atomic E-state index is 0.179. The van der Waals surface area contributed by atoms with Gasteiger partial charge in [0.25, 0.3) is 0 Å². The van der Waals surface area contributed by atoms with Crippen LogP contribution in [0.3, 0.4) is 0 Å². The fourth-order valence-electron chi connectivity index (χ4n) is 2.33. The van der Waals surface area contributed by atoms with E-state index >= 15 is 0 Å². The second-order valence-electron chi connectivity index (χ2n) is 4.29. The normalized spacial score (nSPS) is 19.2. The highest BCUT2D eigenvalue weighted by atomic mass is 16.5. The van der Waals surface area contributed by atoms with E-state index in [0.29, 0.717) is 6.54 Å². The van der Waals surface area contributed by atoms with Crippen LogP contribution in [-0.2, 0) is 6.42 Å². The minimum atomic E-state index is 0.179. The Morgan fingerprint density at radius 3 is 2.94 bits per heavy atom. The van der Waals surface area contributed by atoms with E-state index in [0.717, 1.165) is 18.6 Å². The van der Waals surface area contributed by atoms with Gasteiger partial charge in [-0.1, -0.05) is 36.4 Å². The van der Waals surface area contributed by atoms with E-state index in [1.807, 2.05) is 0 Å². The Bertz CT molecular complexity index is 521. The van der Waals surface area contributed by atoms with Gasteiger partial charge in [0.2, 0.25) is 0 Å². The molecule has 1 aliphatic rings. The van der Waals surface area contributed by atoms with Crippen LogP contribution in [0.4, 0.5) is 0 Å². The van der Waals surface area contributed by atoms with Crippen molar-refractivity contribution in [2.75, 3.05) is 6.54 Å². The lowest BCUT2D eigenvalue weighted by atomic mass is 9.98. The molecule has 3 rings (SSSR count). The van der Waals surface area contributed by atoms with Crippen LogP contribution in [0.15, 0.2) is 36.4 Å².